The lowest BCUT2D eigenvalue weighted by Gasteiger charge is -2.41. The summed E-state index contributed by atoms with van der Waals surface area (Å²) in [7, 11) is 0. The van der Waals surface area contributed by atoms with Gasteiger partial charge in [0, 0.05) is 16.8 Å². The van der Waals surface area contributed by atoms with Crippen molar-refractivity contribution in [2.75, 3.05) is 6.61 Å². The molecule has 0 aliphatic carbocycles. The topological polar surface area (TPSA) is 263 Å². The molecule has 5 atom stereocenters. The number of phenols is 6. The largest absolute Gasteiger partial charge is 0.504 e. The summed E-state index contributed by atoms with van der Waals surface area (Å²) in [5.74, 6) is -7.78. The average Bonchev–Trinajstić information content (AvgIpc) is 3.40. The summed E-state index contributed by atoms with van der Waals surface area (Å²) in [5, 5.41) is 81.4. The highest BCUT2D eigenvalue weighted by molar-refractivity contribution is 6.23. The van der Waals surface area contributed by atoms with Crippen LogP contribution in [0.4, 0.5) is 0 Å². The number of rotatable bonds is 3. The van der Waals surface area contributed by atoms with E-state index in [1.54, 1.807) is 0 Å². The number of phenolic OH excluding ortho intramolecular Hbond substituents is 6. The highest BCUT2D eigenvalue weighted by Gasteiger charge is 2.49. The van der Waals surface area contributed by atoms with Crippen LogP contribution in [0.1, 0.15) is 26.3 Å². The predicted molar refractivity (Wildman–Crippen MR) is 145 cm³/mol. The van der Waals surface area contributed by atoms with Crippen LogP contribution >= 0.6 is 0 Å². The van der Waals surface area contributed by atoms with E-state index in [2.05, 4.69) is 0 Å². The summed E-state index contributed by atoms with van der Waals surface area (Å²) in [6.45, 7) is -0.770. The van der Waals surface area contributed by atoms with E-state index >= 15 is 0 Å². The predicted octanol–water partition coefficient (Wildman–Crippen LogP) is 1.22. The first-order chi connectivity index (χ1) is 21.3. The molecule has 1 aromatic heterocycles. The molecule has 0 unspecified atom stereocenters. The number of esters is 3. The summed E-state index contributed by atoms with van der Waals surface area (Å²) < 4.78 is 26.8. The molecule has 2 aliphatic heterocycles. The quantitative estimate of drug-likeness (QED) is 0.0687. The minimum atomic E-state index is -2.00. The molecule has 16 nitrogen and oxygen atoms in total. The number of benzene rings is 3. The molecule has 8 N–H and O–H groups in total. The molecular formula is C29H22O16. The minimum absolute atomic E-state index is 0.291. The van der Waals surface area contributed by atoms with Crippen LogP contribution in [-0.2, 0) is 23.7 Å². The number of carbonyl (C=O) groups excluding carboxylic acids is 3. The van der Waals surface area contributed by atoms with Gasteiger partial charge in [-0.15, -0.1) is 0 Å². The molecule has 3 aromatic carbocycles. The lowest BCUT2D eigenvalue weighted by molar-refractivity contribution is -0.290. The molecule has 0 spiro atoms. The first-order valence-electron chi connectivity index (χ1n) is 13.0. The Bertz CT molecular complexity index is 1920. The van der Waals surface area contributed by atoms with Gasteiger partial charge in [0.15, 0.2) is 40.3 Å². The zero-order valence-corrected chi connectivity index (χ0v) is 22.5. The average molecular weight is 626 g/mol. The van der Waals surface area contributed by atoms with E-state index < -0.39 is 106 Å². The molecule has 2 aliphatic rings. The fourth-order valence-corrected chi connectivity index (χ4v) is 5.06. The van der Waals surface area contributed by atoms with Crippen LogP contribution in [0, 0.1) is 0 Å². The van der Waals surface area contributed by atoms with E-state index in [1.165, 1.54) is 18.2 Å². The van der Waals surface area contributed by atoms with Crippen LogP contribution in [0.3, 0.4) is 0 Å². The summed E-state index contributed by atoms with van der Waals surface area (Å²) in [5.41, 5.74) is -1.77. The number of furan rings is 1. The molecule has 1 fully saturated rings. The van der Waals surface area contributed by atoms with Gasteiger partial charge in [-0.25, -0.2) is 14.4 Å². The highest BCUT2D eigenvalue weighted by Crippen LogP contribution is 2.48. The first kappa shape index (κ1) is 29.4. The molecule has 0 saturated carbocycles. The van der Waals surface area contributed by atoms with E-state index in [-0.39, 0.29) is 16.5 Å². The van der Waals surface area contributed by atoms with Gasteiger partial charge in [0.2, 0.25) is 17.8 Å². The van der Waals surface area contributed by atoms with Gasteiger partial charge < -0.3 is 64.2 Å². The van der Waals surface area contributed by atoms with Crippen LogP contribution < -0.4 is 0 Å². The Labute approximate surface area is 249 Å². The molecule has 3 heterocycles. The maximum atomic E-state index is 13.5. The maximum Gasteiger partial charge on any atom is 0.339 e. The van der Waals surface area contributed by atoms with Crippen LogP contribution in [0.15, 0.2) is 40.8 Å². The monoisotopic (exact) mass is 626 g/mol. The second kappa shape index (κ2) is 10.8. The molecule has 0 amide bonds. The molecule has 1 saturated heterocycles. The van der Waals surface area contributed by atoms with Gasteiger partial charge in [-0.05, 0) is 35.9 Å². The molecule has 45 heavy (non-hydrogen) atoms. The Morgan fingerprint density at radius 1 is 0.800 bits per heavy atom. The third-order valence-electron chi connectivity index (χ3n) is 7.27. The van der Waals surface area contributed by atoms with Crippen molar-refractivity contribution in [1.82, 2.24) is 0 Å². The summed E-state index contributed by atoms with van der Waals surface area (Å²) in [6.07, 6.45) is -7.10. The first-order valence-corrected chi connectivity index (χ1v) is 13.0. The number of cyclic esters (lactones) is 1. The summed E-state index contributed by atoms with van der Waals surface area (Å²) in [4.78, 5) is 39.2. The maximum absolute atomic E-state index is 13.5. The Morgan fingerprint density at radius 3 is 2.04 bits per heavy atom. The zero-order valence-electron chi connectivity index (χ0n) is 22.5. The third kappa shape index (κ3) is 4.92. The van der Waals surface area contributed by atoms with Crippen molar-refractivity contribution in [3.8, 4) is 34.5 Å². The van der Waals surface area contributed by atoms with Gasteiger partial charge in [0.25, 0.3) is 0 Å². The van der Waals surface area contributed by atoms with Gasteiger partial charge in [-0.1, -0.05) is 6.07 Å². The Balaban J connectivity index is 1.34. The number of hydrogen-bond donors (Lipinski definition) is 8. The Morgan fingerprint density at radius 2 is 1.42 bits per heavy atom. The molecule has 0 bridgehead atoms. The van der Waals surface area contributed by atoms with Crippen molar-refractivity contribution in [2.24, 2.45) is 0 Å². The highest BCUT2D eigenvalue weighted by atomic mass is 16.7. The Kier molecular flexibility index (Phi) is 7.03. The fraction of sp³-hybridized carbons (Fsp3) is 0.207. The van der Waals surface area contributed by atoms with E-state index in [9.17, 15) is 55.2 Å². The lowest BCUT2D eigenvalue weighted by atomic mass is 9.98. The van der Waals surface area contributed by atoms with Crippen LogP contribution in [0.5, 0.6) is 34.5 Å². The van der Waals surface area contributed by atoms with E-state index in [4.69, 9.17) is 23.4 Å². The second-order valence-electron chi connectivity index (χ2n) is 10.1. The van der Waals surface area contributed by atoms with Crippen molar-refractivity contribution >= 4 is 45.9 Å². The van der Waals surface area contributed by atoms with Gasteiger partial charge in [-0.3, -0.25) is 0 Å². The standard InChI is InChI=1S/C29H22O16/c30-12-3-1-9(5-13(12)31)2-4-17(34)43-29-23(38)22(37)24-16(42-29)8-41-27(39)10-6-14(32)20(35)25-18(10)19-11(28(40)45-24)7-15(33)21(36)26(19)44-25/h1-7,16,22-24,29-33,35-38H,8H2/b4-2-/t16-,22+,23+,24-,29+/m1/s1. The van der Waals surface area contributed by atoms with Gasteiger partial charge in [0.1, 0.15) is 24.9 Å². The van der Waals surface area contributed by atoms with Gasteiger partial charge in [-0.2, -0.15) is 0 Å². The lowest BCUT2D eigenvalue weighted by Crippen LogP contribution is -2.61. The van der Waals surface area contributed by atoms with Crippen molar-refractivity contribution < 1.29 is 78.6 Å². The van der Waals surface area contributed by atoms with Gasteiger partial charge >= 0.3 is 17.9 Å². The normalized spacial score (nSPS) is 23.5. The smallest absolute Gasteiger partial charge is 0.339 e. The van der Waals surface area contributed by atoms with Crippen molar-refractivity contribution in [2.45, 2.75) is 30.7 Å². The summed E-state index contributed by atoms with van der Waals surface area (Å²) in [6, 6.07) is 5.30. The van der Waals surface area contributed by atoms with Crippen molar-refractivity contribution in [3.63, 3.8) is 0 Å². The molecule has 16 heteroatoms. The number of hydrogen-bond acceptors (Lipinski definition) is 16. The number of aliphatic hydroxyl groups excluding tert-OH is 2. The van der Waals surface area contributed by atoms with Crippen molar-refractivity contribution in [1.29, 1.82) is 0 Å². The number of fused-ring (bicyclic) bond motifs is 1. The number of carbonyl (C=O) groups is 3. The van der Waals surface area contributed by atoms with Gasteiger partial charge in [0.05, 0.1) is 11.1 Å². The Hall–Kier alpha value is -5.71. The third-order valence-corrected chi connectivity index (χ3v) is 7.27. The number of ether oxygens (including phenoxy) is 4. The molecular weight excluding hydrogens is 604 g/mol. The SMILES string of the molecule is O=C(/C=C\c1ccc(O)c(O)c1)O[C@@H]1O[C@@H]2COC(=O)c3cc(O)c(O)c4oc5c(O)c(O)cc(c5c34)C(=O)O[C@H]2[C@@H](O)[C@@H]1O. The zero-order chi connectivity index (χ0) is 32.3. The van der Waals surface area contributed by atoms with Crippen LogP contribution in [0.25, 0.3) is 28.0 Å². The number of aliphatic hydroxyl groups is 2. The minimum Gasteiger partial charge on any atom is -0.504 e. The van der Waals surface area contributed by atoms with E-state index in [0.717, 1.165) is 24.3 Å². The van der Waals surface area contributed by atoms with Crippen LogP contribution in [0.2, 0.25) is 0 Å². The molecule has 0 radical (unpaired) electrons. The van der Waals surface area contributed by atoms with E-state index in [1.807, 2.05) is 0 Å². The molecule has 6 rings (SSSR count). The van der Waals surface area contributed by atoms with E-state index in [0.29, 0.717) is 5.56 Å². The molecule has 4 aromatic rings. The number of aromatic hydroxyl groups is 6. The molecule has 234 valence electrons. The summed E-state index contributed by atoms with van der Waals surface area (Å²) >= 11 is 0. The van der Waals surface area contributed by atoms with Crippen molar-refractivity contribution in [3.05, 3.63) is 53.1 Å². The fourth-order valence-electron chi connectivity index (χ4n) is 5.06. The van der Waals surface area contributed by atoms with Crippen LogP contribution in [-0.4, -0.2) is 96.1 Å². The second-order valence-corrected chi connectivity index (χ2v) is 10.1.